The Balaban J connectivity index is 1.89. The third-order valence-corrected chi connectivity index (χ3v) is 6.16. The number of urea groups is 1. The van der Waals surface area contributed by atoms with Crippen LogP contribution in [0.2, 0.25) is 0 Å². The molecule has 8 nitrogen and oxygen atoms in total. The van der Waals surface area contributed by atoms with Gasteiger partial charge in [-0.15, -0.1) is 0 Å². The number of nitrogens with two attached hydrogens (primary N) is 1. The van der Waals surface area contributed by atoms with Gasteiger partial charge >= 0.3 is 6.03 Å². The molecule has 0 radical (unpaired) electrons. The van der Waals surface area contributed by atoms with Crippen molar-refractivity contribution in [2.45, 2.75) is 25.8 Å². The summed E-state index contributed by atoms with van der Waals surface area (Å²) < 4.78 is 15.0. The Hall–Kier alpha value is -4.45. The summed E-state index contributed by atoms with van der Waals surface area (Å²) in [5.41, 5.74) is 5.72. The molecule has 1 heterocycles. The van der Waals surface area contributed by atoms with Gasteiger partial charge in [-0.05, 0) is 43.7 Å². The minimum absolute atomic E-state index is 0.108. The van der Waals surface area contributed by atoms with Crippen LogP contribution in [-0.2, 0) is 9.59 Å². The molecule has 1 saturated heterocycles. The number of hydrogen-bond donors (Lipinski definition) is 1. The van der Waals surface area contributed by atoms with E-state index in [0.717, 1.165) is 5.56 Å². The highest BCUT2D eigenvalue weighted by Crippen LogP contribution is 2.31. The Labute approximate surface area is 209 Å². The van der Waals surface area contributed by atoms with Crippen LogP contribution in [0.25, 0.3) is 0 Å². The zero-order chi connectivity index (χ0) is 26.3. The van der Waals surface area contributed by atoms with Crippen LogP contribution in [0.5, 0.6) is 0 Å². The van der Waals surface area contributed by atoms with Gasteiger partial charge in [0, 0.05) is 43.7 Å². The number of anilines is 1. The summed E-state index contributed by atoms with van der Waals surface area (Å²) in [6.45, 7) is 3.61. The summed E-state index contributed by atoms with van der Waals surface area (Å²) in [4.78, 5) is 46.2. The Kier molecular flexibility index (Phi) is 8.22. The summed E-state index contributed by atoms with van der Waals surface area (Å²) >= 11 is 0. The second-order valence-electron chi connectivity index (χ2n) is 8.25. The molecule has 4 amide bonds. The molecule has 1 aliphatic rings. The monoisotopic (exact) mass is 489 g/mol. The largest absolute Gasteiger partial charge is 0.403 e. The zero-order valence-electron chi connectivity index (χ0n) is 20.4. The van der Waals surface area contributed by atoms with Crippen molar-refractivity contribution < 1.29 is 18.8 Å². The average Bonchev–Trinajstić information content (AvgIpc) is 2.89. The number of benzene rings is 2. The van der Waals surface area contributed by atoms with E-state index in [2.05, 4.69) is 16.8 Å². The number of halogens is 1. The first-order valence-electron chi connectivity index (χ1n) is 11.4. The van der Waals surface area contributed by atoms with Crippen molar-refractivity contribution in [3.05, 3.63) is 77.4 Å². The summed E-state index contributed by atoms with van der Waals surface area (Å²) in [6.07, 6.45) is 3.24. The first kappa shape index (κ1) is 26.2. The second kappa shape index (κ2) is 11.3. The predicted molar refractivity (Wildman–Crippen MR) is 137 cm³/mol. The van der Waals surface area contributed by atoms with E-state index < -0.39 is 17.4 Å². The molecule has 0 spiro atoms. The number of aliphatic imine (C=N–C) groups is 1. The van der Waals surface area contributed by atoms with E-state index in [0.29, 0.717) is 16.2 Å². The minimum Gasteiger partial charge on any atom is -0.403 e. The molecule has 0 aromatic heterocycles. The van der Waals surface area contributed by atoms with Crippen LogP contribution in [0.15, 0.2) is 65.4 Å². The second-order valence-corrected chi connectivity index (χ2v) is 8.25. The molecule has 0 bridgehead atoms. The maximum absolute atomic E-state index is 15.0. The van der Waals surface area contributed by atoms with Crippen molar-refractivity contribution in [1.29, 1.82) is 0 Å². The number of hydrogen-bond acceptors (Lipinski definition) is 5. The van der Waals surface area contributed by atoms with Gasteiger partial charge in [0.2, 0.25) is 6.41 Å². The molecule has 1 fully saturated rings. The molecule has 1 unspecified atom stereocenters. The van der Waals surface area contributed by atoms with E-state index in [1.54, 1.807) is 20.9 Å². The van der Waals surface area contributed by atoms with E-state index >= 15 is 4.39 Å². The number of imide groups is 1. The van der Waals surface area contributed by atoms with Gasteiger partial charge in [-0.3, -0.25) is 14.6 Å². The Morgan fingerprint density at radius 3 is 2.47 bits per heavy atom. The van der Waals surface area contributed by atoms with Crippen molar-refractivity contribution in [1.82, 2.24) is 9.80 Å². The highest BCUT2D eigenvalue weighted by atomic mass is 19.1. The number of nitrogens with zero attached hydrogens (tertiary/aromatic N) is 4. The Morgan fingerprint density at radius 1 is 1.19 bits per heavy atom. The van der Waals surface area contributed by atoms with Gasteiger partial charge in [0.1, 0.15) is 11.4 Å². The average molecular weight is 490 g/mol. The highest BCUT2D eigenvalue weighted by molar-refractivity contribution is 6.08. The van der Waals surface area contributed by atoms with Crippen LogP contribution in [-0.4, -0.2) is 60.0 Å². The zero-order valence-corrected chi connectivity index (χ0v) is 20.4. The molecule has 1 aliphatic heterocycles. The number of carbonyl (C=O) groups excluding carboxylic acids is 3. The lowest BCUT2D eigenvalue weighted by atomic mass is 9.91. The standard InChI is InChI=1S/C27H28FN5O3/c1-4-27(2)25(35)31(22(17-29)18-30-3)14-15-33(27)26(36)32(19-34)24-13-12-21(16-23(24)28)11-10-20-8-6-5-7-9-20/h5-9,12-13,16-19H,4,14-15,29H2,1-3H3. The van der Waals surface area contributed by atoms with Gasteiger partial charge in [-0.1, -0.05) is 37.0 Å². The maximum Gasteiger partial charge on any atom is 0.332 e. The van der Waals surface area contributed by atoms with Crippen LogP contribution < -0.4 is 10.6 Å². The van der Waals surface area contributed by atoms with Gasteiger partial charge in [0.15, 0.2) is 0 Å². The Bertz CT molecular complexity index is 1270. The van der Waals surface area contributed by atoms with Gasteiger partial charge in [-0.25, -0.2) is 14.1 Å². The smallest absolute Gasteiger partial charge is 0.332 e. The van der Waals surface area contributed by atoms with Crippen LogP contribution in [0.4, 0.5) is 14.9 Å². The summed E-state index contributed by atoms with van der Waals surface area (Å²) in [5.74, 6) is 4.64. The fourth-order valence-electron chi connectivity index (χ4n) is 3.97. The number of allylic oxidation sites excluding steroid dienone is 1. The quantitative estimate of drug-likeness (QED) is 0.396. The third-order valence-electron chi connectivity index (χ3n) is 6.16. The fourth-order valence-corrected chi connectivity index (χ4v) is 3.97. The third kappa shape index (κ3) is 5.13. The molecular weight excluding hydrogens is 461 g/mol. The Morgan fingerprint density at radius 2 is 1.89 bits per heavy atom. The first-order valence-corrected chi connectivity index (χ1v) is 11.4. The van der Waals surface area contributed by atoms with Crippen molar-refractivity contribution in [3.63, 3.8) is 0 Å². The topological polar surface area (TPSA) is 99.3 Å². The van der Waals surface area contributed by atoms with Crippen LogP contribution in [0.3, 0.4) is 0 Å². The van der Waals surface area contributed by atoms with Gasteiger partial charge < -0.3 is 15.5 Å². The van der Waals surface area contributed by atoms with Crippen molar-refractivity contribution >= 4 is 30.3 Å². The SMILES string of the molecule is CCC1(C)C(=O)N(C(C=NC)=CN)CCN1C(=O)N(C=O)c1ccc(C#Cc2ccccc2)cc1F. The van der Waals surface area contributed by atoms with E-state index in [-0.39, 0.29) is 37.5 Å². The molecule has 186 valence electrons. The van der Waals surface area contributed by atoms with Crippen LogP contribution in [0, 0.1) is 17.7 Å². The van der Waals surface area contributed by atoms with Crippen molar-refractivity contribution in [2.75, 3.05) is 25.0 Å². The van der Waals surface area contributed by atoms with E-state index in [1.165, 1.54) is 40.4 Å². The molecule has 2 N–H and O–H groups in total. The van der Waals surface area contributed by atoms with Gasteiger partial charge in [-0.2, -0.15) is 0 Å². The molecular formula is C27H28FN5O3. The van der Waals surface area contributed by atoms with Crippen LogP contribution >= 0.6 is 0 Å². The van der Waals surface area contributed by atoms with E-state index in [4.69, 9.17) is 5.73 Å². The lowest BCUT2D eigenvalue weighted by Gasteiger charge is -2.48. The van der Waals surface area contributed by atoms with E-state index in [9.17, 15) is 14.4 Å². The predicted octanol–water partition coefficient (Wildman–Crippen LogP) is 3.12. The molecule has 36 heavy (non-hydrogen) atoms. The molecule has 1 atom stereocenters. The fraction of sp³-hybridized carbons (Fsp3) is 0.259. The van der Waals surface area contributed by atoms with Crippen molar-refractivity contribution in [2.24, 2.45) is 10.7 Å². The first-order chi connectivity index (χ1) is 17.3. The molecule has 2 aromatic carbocycles. The lowest BCUT2D eigenvalue weighted by molar-refractivity contribution is -0.144. The molecule has 3 rings (SSSR count). The molecule has 2 aromatic rings. The van der Waals surface area contributed by atoms with Crippen LogP contribution in [0.1, 0.15) is 31.4 Å². The summed E-state index contributed by atoms with van der Waals surface area (Å²) in [7, 11) is 1.56. The normalized spacial score (nSPS) is 18.1. The van der Waals surface area contributed by atoms with Gasteiger partial charge in [0.25, 0.3) is 5.91 Å². The summed E-state index contributed by atoms with van der Waals surface area (Å²) in [5, 5.41) is 0. The number of carbonyl (C=O) groups is 3. The number of amides is 4. The minimum atomic E-state index is -1.29. The van der Waals surface area contributed by atoms with Crippen molar-refractivity contribution in [3.8, 4) is 11.8 Å². The highest BCUT2D eigenvalue weighted by Gasteiger charge is 2.48. The summed E-state index contributed by atoms with van der Waals surface area (Å²) in [6, 6.07) is 12.4. The molecule has 0 aliphatic carbocycles. The van der Waals surface area contributed by atoms with E-state index in [1.807, 2.05) is 30.3 Å². The number of piperazine rings is 1. The van der Waals surface area contributed by atoms with Gasteiger partial charge in [0.05, 0.1) is 11.4 Å². The molecule has 0 saturated carbocycles. The lowest BCUT2D eigenvalue weighted by Crippen LogP contribution is -2.67. The maximum atomic E-state index is 15.0. The molecule has 9 heteroatoms. The number of rotatable bonds is 5.